The number of nitrogens with two attached hydrogens (primary N) is 1. The maximum atomic E-state index is 6.16. The molecule has 0 bridgehead atoms. The molecule has 0 heterocycles. The van der Waals surface area contributed by atoms with Gasteiger partial charge in [-0.25, -0.2) is 0 Å². The molecule has 0 saturated carbocycles. The molecule has 0 saturated heterocycles. The minimum Gasteiger partial charge on any atom is -0.382 e. The molecule has 0 aliphatic heterocycles. The molecule has 2 heteroatoms. The highest BCUT2D eigenvalue weighted by atomic mass is 16.5. The van der Waals surface area contributed by atoms with E-state index < -0.39 is 5.54 Å². The third kappa shape index (κ3) is 2.56. The van der Waals surface area contributed by atoms with Crippen molar-refractivity contribution in [3.05, 3.63) is 34.9 Å². The number of rotatable bonds is 3. The number of aryl methyl sites for hydroxylation is 2. The Morgan fingerprint density at radius 2 is 1.71 bits per heavy atom. The van der Waals surface area contributed by atoms with Gasteiger partial charge >= 0.3 is 0 Å². The molecule has 0 amide bonds. The van der Waals surface area contributed by atoms with Crippen molar-refractivity contribution >= 4 is 0 Å². The smallest absolute Gasteiger partial charge is 0.0681 e. The van der Waals surface area contributed by atoms with Crippen LogP contribution in [0.5, 0.6) is 0 Å². The van der Waals surface area contributed by atoms with Gasteiger partial charge in [0.2, 0.25) is 0 Å². The van der Waals surface area contributed by atoms with Gasteiger partial charge in [0.15, 0.2) is 0 Å². The van der Waals surface area contributed by atoms with E-state index in [1.165, 1.54) is 11.1 Å². The van der Waals surface area contributed by atoms with E-state index in [0.717, 1.165) is 5.56 Å². The van der Waals surface area contributed by atoms with Crippen LogP contribution in [0.4, 0.5) is 0 Å². The molecule has 1 aromatic carbocycles. The molecule has 0 aromatic heterocycles. The molecule has 1 aromatic rings. The fourth-order valence-corrected chi connectivity index (χ4v) is 1.69. The Morgan fingerprint density at radius 1 is 1.21 bits per heavy atom. The van der Waals surface area contributed by atoms with E-state index in [2.05, 4.69) is 32.0 Å². The van der Waals surface area contributed by atoms with Crippen LogP contribution in [0.1, 0.15) is 23.6 Å². The Hall–Kier alpha value is -0.860. The number of hydrogen-bond acceptors (Lipinski definition) is 2. The number of benzene rings is 1. The number of ether oxygens (including phenoxy) is 1. The molecule has 2 N–H and O–H groups in total. The Balaban J connectivity index is 3.05. The van der Waals surface area contributed by atoms with Crippen molar-refractivity contribution in [3.8, 4) is 0 Å². The summed E-state index contributed by atoms with van der Waals surface area (Å²) in [7, 11) is 1.67. The van der Waals surface area contributed by atoms with Gasteiger partial charge in [0, 0.05) is 7.11 Å². The average Bonchev–Trinajstić information content (AvgIpc) is 2.02. The lowest BCUT2D eigenvalue weighted by atomic mass is 9.91. The second-order valence-corrected chi connectivity index (χ2v) is 4.23. The zero-order valence-electron chi connectivity index (χ0n) is 9.42. The maximum Gasteiger partial charge on any atom is 0.0681 e. The normalized spacial score (nSPS) is 15.2. The SMILES string of the molecule is COCC(C)(N)c1cc(C)cc(C)c1. The lowest BCUT2D eigenvalue weighted by Crippen LogP contribution is -2.37. The first-order valence-corrected chi connectivity index (χ1v) is 4.82. The summed E-state index contributed by atoms with van der Waals surface area (Å²) in [4.78, 5) is 0. The van der Waals surface area contributed by atoms with Crippen LogP contribution in [-0.2, 0) is 10.3 Å². The summed E-state index contributed by atoms with van der Waals surface area (Å²) >= 11 is 0. The summed E-state index contributed by atoms with van der Waals surface area (Å²) in [5, 5.41) is 0. The van der Waals surface area contributed by atoms with E-state index in [9.17, 15) is 0 Å². The van der Waals surface area contributed by atoms with Gasteiger partial charge in [-0.05, 0) is 26.3 Å². The maximum absolute atomic E-state index is 6.16. The summed E-state index contributed by atoms with van der Waals surface area (Å²) in [6.45, 7) is 6.69. The number of hydrogen-bond donors (Lipinski definition) is 1. The fourth-order valence-electron chi connectivity index (χ4n) is 1.69. The van der Waals surface area contributed by atoms with Crippen molar-refractivity contribution in [3.63, 3.8) is 0 Å². The van der Waals surface area contributed by atoms with Gasteiger partial charge in [-0.1, -0.05) is 29.3 Å². The molecule has 0 aliphatic carbocycles. The van der Waals surface area contributed by atoms with Crippen LogP contribution >= 0.6 is 0 Å². The van der Waals surface area contributed by atoms with Crippen molar-refractivity contribution in [2.24, 2.45) is 5.73 Å². The summed E-state index contributed by atoms with van der Waals surface area (Å²) < 4.78 is 5.12. The molecule has 0 spiro atoms. The molecule has 2 nitrogen and oxygen atoms in total. The van der Waals surface area contributed by atoms with Gasteiger partial charge in [0.1, 0.15) is 0 Å². The van der Waals surface area contributed by atoms with E-state index in [0.29, 0.717) is 6.61 Å². The van der Waals surface area contributed by atoms with E-state index in [1.807, 2.05) is 6.92 Å². The molecule has 0 fully saturated rings. The molecule has 1 unspecified atom stereocenters. The lowest BCUT2D eigenvalue weighted by molar-refractivity contribution is 0.141. The minimum absolute atomic E-state index is 0.397. The van der Waals surface area contributed by atoms with Crippen LogP contribution in [0.25, 0.3) is 0 Å². The Morgan fingerprint density at radius 3 is 2.14 bits per heavy atom. The van der Waals surface area contributed by atoms with Crippen molar-refractivity contribution in [1.82, 2.24) is 0 Å². The van der Waals surface area contributed by atoms with Gasteiger partial charge < -0.3 is 10.5 Å². The topological polar surface area (TPSA) is 35.2 Å². The third-order valence-electron chi connectivity index (χ3n) is 2.33. The average molecular weight is 193 g/mol. The van der Waals surface area contributed by atoms with E-state index in [-0.39, 0.29) is 0 Å². The molecular formula is C12H19NO. The first kappa shape index (κ1) is 11.2. The second kappa shape index (κ2) is 4.11. The molecule has 14 heavy (non-hydrogen) atoms. The predicted molar refractivity (Wildman–Crippen MR) is 59.3 cm³/mol. The number of methoxy groups -OCH3 is 1. The molecule has 1 rings (SSSR count). The standard InChI is InChI=1S/C12H19NO/c1-9-5-10(2)7-11(6-9)12(3,13)8-14-4/h5-7H,8,13H2,1-4H3. The van der Waals surface area contributed by atoms with Gasteiger partial charge in [0.25, 0.3) is 0 Å². The van der Waals surface area contributed by atoms with Gasteiger partial charge in [-0.3, -0.25) is 0 Å². The predicted octanol–water partition coefficient (Wildman–Crippen LogP) is 2.12. The minimum atomic E-state index is -0.397. The highest BCUT2D eigenvalue weighted by Gasteiger charge is 2.21. The molecule has 1 atom stereocenters. The van der Waals surface area contributed by atoms with Crippen molar-refractivity contribution < 1.29 is 4.74 Å². The molecule has 78 valence electrons. The quantitative estimate of drug-likeness (QED) is 0.798. The molecular weight excluding hydrogens is 174 g/mol. The second-order valence-electron chi connectivity index (χ2n) is 4.23. The van der Waals surface area contributed by atoms with Gasteiger partial charge in [-0.15, -0.1) is 0 Å². The summed E-state index contributed by atoms with van der Waals surface area (Å²) in [5.74, 6) is 0. The Labute approximate surface area is 86.1 Å². The van der Waals surface area contributed by atoms with Gasteiger partial charge in [0.05, 0.1) is 12.1 Å². The van der Waals surface area contributed by atoms with Crippen molar-refractivity contribution in [1.29, 1.82) is 0 Å². The zero-order chi connectivity index (χ0) is 10.8. The molecule has 0 aliphatic rings. The van der Waals surface area contributed by atoms with Crippen molar-refractivity contribution in [2.75, 3.05) is 13.7 Å². The largest absolute Gasteiger partial charge is 0.382 e. The Bertz CT molecular complexity index is 298. The monoisotopic (exact) mass is 193 g/mol. The highest BCUT2D eigenvalue weighted by Crippen LogP contribution is 2.20. The van der Waals surface area contributed by atoms with Crippen LogP contribution in [0.15, 0.2) is 18.2 Å². The fraction of sp³-hybridized carbons (Fsp3) is 0.500. The van der Waals surface area contributed by atoms with Crippen LogP contribution in [0.3, 0.4) is 0 Å². The van der Waals surface area contributed by atoms with E-state index in [1.54, 1.807) is 7.11 Å². The van der Waals surface area contributed by atoms with Crippen molar-refractivity contribution in [2.45, 2.75) is 26.3 Å². The van der Waals surface area contributed by atoms with E-state index >= 15 is 0 Å². The Kier molecular flexibility index (Phi) is 3.29. The first-order valence-electron chi connectivity index (χ1n) is 4.82. The van der Waals surface area contributed by atoms with Crippen LogP contribution in [-0.4, -0.2) is 13.7 Å². The first-order chi connectivity index (χ1) is 6.45. The van der Waals surface area contributed by atoms with Crippen LogP contribution in [0, 0.1) is 13.8 Å². The van der Waals surface area contributed by atoms with Crippen LogP contribution in [0.2, 0.25) is 0 Å². The lowest BCUT2D eigenvalue weighted by Gasteiger charge is -2.25. The highest BCUT2D eigenvalue weighted by molar-refractivity contribution is 5.33. The summed E-state index contributed by atoms with van der Waals surface area (Å²) in [5.41, 5.74) is 9.39. The summed E-state index contributed by atoms with van der Waals surface area (Å²) in [6.07, 6.45) is 0. The van der Waals surface area contributed by atoms with Crippen LogP contribution < -0.4 is 5.73 Å². The third-order valence-corrected chi connectivity index (χ3v) is 2.33. The van der Waals surface area contributed by atoms with E-state index in [4.69, 9.17) is 10.5 Å². The van der Waals surface area contributed by atoms with Gasteiger partial charge in [-0.2, -0.15) is 0 Å². The summed E-state index contributed by atoms with van der Waals surface area (Å²) in [6, 6.07) is 6.38. The zero-order valence-corrected chi connectivity index (χ0v) is 9.42. The molecule has 0 radical (unpaired) electrons.